The van der Waals surface area contributed by atoms with Crippen LogP contribution in [0.15, 0.2) is 23.8 Å². The molecular formula is C9H11NO2. The third-order valence-electron chi connectivity index (χ3n) is 1.95. The summed E-state index contributed by atoms with van der Waals surface area (Å²) >= 11 is 0. The Kier molecular flexibility index (Phi) is 2.43. The van der Waals surface area contributed by atoms with E-state index in [4.69, 9.17) is 5.73 Å². The summed E-state index contributed by atoms with van der Waals surface area (Å²) in [6.07, 6.45) is 5.27. The Balaban J connectivity index is 2.96. The fourth-order valence-corrected chi connectivity index (χ4v) is 1.31. The molecular weight excluding hydrogens is 154 g/mol. The molecule has 1 rings (SSSR count). The predicted molar refractivity (Wildman–Crippen MR) is 45.2 cm³/mol. The summed E-state index contributed by atoms with van der Waals surface area (Å²) in [5.41, 5.74) is 5.52. The van der Waals surface area contributed by atoms with E-state index in [9.17, 15) is 9.59 Å². The number of carbonyl (C=O) groups excluding carboxylic acids is 2. The summed E-state index contributed by atoms with van der Waals surface area (Å²) in [6, 6.07) is 0. The number of rotatable bonds is 2. The Morgan fingerprint density at radius 2 is 2.33 bits per heavy atom. The first kappa shape index (κ1) is 8.71. The molecule has 2 N–H and O–H groups in total. The largest absolute Gasteiger partial charge is 0.366 e. The van der Waals surface area contributed by atoms with E-state index in [2.05, 4.69) is 0 Å². The number of carbonyl (C=O) groups is 2. The lowest BCUT2D eigenvalue weighted by Gasteiger charge is -2.15. The SMILES string of the molecule is CCC1C(=O)C=CC=C1C(N)=O. The van der Waals surface area contributed by atoms with Crippen molar-refractivity contribution in [2.75, 3.05) is 0 Å². The Hall–Kier alpha value is -1.38. The first-order chi connectivity index (χ1) is 5.66. The van der Waals surface area contributed by atoms with Crippen molar-refractivity contribution in [1.29, 1.82) is 0 Å². The molecule has 1 atom stereocenters. The molecule has 1 aliphatic rings. The number of allylic oxidation sites excluding steroid dienone is 3. The van der Waals surface area contributed by atoms with Crippen LogP contribution in [0.3, 0.4) is 0 Å². The van der Waals surface area contributed by atoms with Crippen molar-refractivity contribution in [1.82, 2.24) is 0 Å². The molecule has 0 saturated heterocycles. The predicted octanol–water partition coefficient (Wildman–Crippen LogP) is 0.563. The van der Waals surface area contributed by atoms with Crippen molar-refractivity contribution in [2.45, 2.75) is 13.3 Å². The van der Waals surface area contributed by atoms with Crippen LogP contribution in [0.25, 0.3) is 0 Å². The molecule has 1 amide bonds. The van der Waals surface area contributed by atoms with Gasteiger partial charge in [0.25, 0.3) is 0 Å². The summed E-state index contributed by atoms with van der Waals surface area (Å²) in [5.74, 6) is -0.860. The highest BCUT2D eigenvalue weighted by molar-refractivity contribution is 6.05. The normalized spacial score (nSPS) is 22.2. The summed E-state index contributed by atoms with van der Waals surface area (Å²) < 4.78 is 0. The third-order valence-corrected chi connectivity index (χ3v) is 1.95. The summed E-state index contributed by atoms with van der Waals surface area (Å²) in [7, 11) is 0. The van der Waals surface area contributed by atoms with Crippen molar-refractivity contribution < 1.29 is 9.59 Å². The van der Waals surface area contributed by atoms with Crippen molar-refractivity contribution in [2.24, 2.45) is 11.7 Å². The quantitative estimate of drug-likeness (QED) is 0.650. The van der Waals surface area contributed by atoms with E-state index in [0.717, 1.165) is 0 Å². The fraction of sp³-hybridized carbons (Fsp3) is 0.333. The highest BCUT2D eigenvalue weighted by Crippen LogP contribution is 2.20. The van der Waals surface area contributed by atoms with Gasteiger partial charge in [-0.05, 0) is 12.5 Å². The molecule has 0 saturated carbocycles. The Labute approximate surface area is 70.9 Å². The summed E-state index contributed by atoms with van der Waals surface area (Å²) in [4.78, 5) is 22.0. The minimum atomic E-state index is -0.500. The lowest BCUT2D eigenvalue weighted by Crippen LogP contribution is -2.26. The minimum absolute atomic E-state index is 0.0335. The molecule has 3 nitrogen and oxygen atoms in total. The van der Waals surface area contributed by atoms with Gasteiger partial charge in [0.2, 0.25) is 5.91 Å². The molecule has 0 aromatic carbocycles. The van der Waals surface area contributed by atoms with E-state index in [0.29, 0.717) is 12.0 Å². The van der Waals surface area contributed by atoms with Crippen molar-refractivity contribution in [3.8, 4) is 0 Å². The van der Waals surface area contributed by atoms with E-state index in [-0.39, 0.29) is 11.7 Å². The molecule has 0 heterocycles. The second-order valence-electron chi connectivity index (χ2n) is 2.71. The molecule has 0 fully saturated rings. The van der Waals surface area contributed by atoms with Crippen LogP contribution < -0.4 is 5.73 Å². The average molecular weight is 165 g/mol. The van der Waals surface area contributed by atoms with Crippen molar-refractivity contribution in [3.63, 3.8) is 0 Å². The van der Waals surface area contributed by atoms with Crippen LogP contribution in [0.5, 0.6) is 0 Å². The van der Waals surface area contributed by atoms with Gasteiger partial charge in [-0.15, -0.1) is 0 Å². The van der Waals surface area contributed by atoms with E-state index in [1.807, 2.05) is 6.92 Å². The van der Waals surface area contributed by atoms with Gasteiger partial charge in [-0.25, -0.2) is 0 Å². The molecule has 1 aliphatic carbocycles. The minimum Gasteiger partial charge on any atom is -0.366 e. The van der Waals surface area contributed by atoms with Gasteiger partial charge in [0.05, 0.1) is 5.92 Å². The van der Waals surface area contributed by atoms with Gasteiger partial charge in [0, 0.05) is 5.57 Å². The van der Waals surface area contributed by atoms with Gasteiger partial charge < -0.3 is 5.73 Å². The fourth-order valence-electron chi connectivity index (χ4n) is 1.31. The van der Waals surface area contributed by atoms with Gasteiger partial charge in [-0.3, -0.25) is 9.59 Å². The van der Waals surface area contributed by atoms with E-state index in [1.165, 1.54) is 6.08 Å². The van der Waals surface area contributed by atoms with Crippen molar-refractivity contribution in [3.05, 3.63) is 23.8 Å². The van der Waals surface area contributed by atoms with Crippen LogP contribution in [-0.2, 0) is 9.59 Å². The molecule has 3 heteroatoms. The Morgan fingerprint density at radius 3 is 2.75 bits per heavy atom. The average Bonchev–Trinajstić information content (AvgIpc) is 2.03. The Morgan fingerprint density at radius 1 is 1.67 bits per heavy atom. The third kappa shape index (κ3) is 1.44. The molecule has 0 bridgehead atoms. The molecule has 1 unspecified atom stereocenters. The number of amides is 1. The zero-order valence-electron chi connectivity index (χ0n) is 6.91. The van der Waals surface area contributed by atoms with Gasteiger partial charge >= 0.3 is 0 Å². The number of nitrogens with two attached hydrogens (primary N) is 1. The van der Waals surface area contributed by atoms with Crippen LogP contribution in [0.2, 0.25) is 0 Å². The maximum Gasteiger partial charge on any atom is 0.245 e. The van der Waals surface area contributed by atoms with Crippen LogP contribution in [0.1, 0.15) is 13.3 Å². The highest BCUT2D eigenvalue weighted by atomic mass is 16.1. The summed E-state index contributed by atoms with van der Waals surface area (Å²) in [6.45, 7) is 1.86. The number of hydrogen-bond donors (Lipinski definition) is 1. The van der Waals surface area contributed by atoms with E-state index < -0.39 is 5.91 Å². The molecule has 0 aliphatic heterocycles. The smallest absolute Gasteiger partial charge is 0.245 e. The molecule has 64 valence electrons. The van der Waals surface area contributed by atoms with E-state index >= 15 is 0 Å². The van der Waals surface area contributed by atoms with E-state index in [1.54, 1.807) is 12.2 Å². The second-order valence-corrected chi connectivity index (χ2v) is 2.71. The van der Waals surface area contributed by atoms with Crippen LogP contribution in [-0.4, -0.2) is 11.7 Å². The first-order valence-corrected chi connectivity index (χ1v) is 3.88. The molecule has 12 heavy (non-hydrogen) atoms. The molecule has 0 aromatic rings. The second kappa shape index (κ2) is 3.34. The van der Waals surface area contributed by atoms with Crippen LogP contribution in [0.4, 0.5) is 0 Å². The van der Waals surface area contributed by atoms with Gasteiger partial charge in [-0.1, -0.05) is 19.1 Å². The van der Waals surface area contributed by atoms with Gasteiger partial charge in [0.1, 0.15) is 0 Å². The van der Waals surface area contributed by atoms with Crippen molar-refractivity contribution >= 4 is 11.7 Å². The van der Waals surface area contributed by atoms with Crippen LogP contribution in [0, 0.1) is 5.92 Å². The lowest BCUT2D eigenvalue weighted by atomic mass is 9.88. The molecule has 0 aromatic heterocycles. The maximum atomic E-state index is 11.2. The first-order valence-electron chi connectivity index (χ1n) is 3.88. The van der Waals surface area contributed by atoms with Gasteiger partial charge in [-0.2, -0.15) is 0 Å². The zero-order valence-corrected chi connectivity index (χ0v) is 6.91. The monoisotopic (exact) mass is 165 g/mol. The Bertz CT molecular complexity index is 276. The lowest BCUT2D eigenvalue weighted by molar-refractivity contribution is -0.121. The number of hydrogen-bond acceptors (Lipinski definition) is 2. The summed E-state index contributed by atoms with van der Waals surface area (Å²) in [5, 5.41) is 0. The molecule has 0 radical (unpaired) electrons. The molecule has 0 spiro atoms. The maximum absolute atomic E-state index is 11.2. The van der Waals surface area contributed by atoms with Gasteiger partial charge in [0.15, 0.2) is 5.78 Å². The highest BCUT2D eigenvalue weighted by Gasteiger charge is 2.24. The number of ketones is 1. The zero-order chi connectivity index (χ0) is 9.14. The van der Waals surface area contributed by atoms with Crippen LogP contribution >= 0.6 is 0 Å². The topological polar surface area (TPSA) is 60.2 Å². The standard InChI is InChI=1S/C9H11NO2/c1-2-6-7(9(10)12)4-3-5-8(6)11/h3-6H,2H2,1H3,(H2,10,12). The number of primary amides is 1.